The highest BCUT2D eigenvalue weighted by molar-refractivity contribution is 5.44. The van der Waals surface area contributed by atoms with Crippen LogP contribution in [0.3, 0.4) is 0 Å². The van der Waals surface area contributed by atoms with Crippen molar-refractivity contribution in [3.8, 4) is 5.75 Å². The van der Waals surface area contributed by atoms with Gasteiger partial charge in [0.05, 0.1) is 12.2 Å². The Balaban J connectivity index is 0.00000117. The molecule has 26 heavy (non-hydrogen) atoms. The van der Waals surface area contributed by atoms with Crippen molar-refractivity contribution in [1.29, 1.82) is 0 Å². The van der Waals surface area contributed by atoms with Crippen LogP contribution in [0.15, 0.2) is 43.0 Å². The van der Waals surface area contributed by atoms with Crippen LogP contribution in [0.5, 0.6) is 5.75 Å². The van der Waals surface area contributed by atoms with Crippen LogP contribution in [-0.2, 0) is 0 Å². The first-order valence-corrected chi connectivity index (χ1v) is 9.38. The van der Waals surface area contributed by atoms with Gasteiger partial charge in [-0.25, -0.2) is 0 Å². The highest BCUT2D eigenvalue weighted by Crippen LogP contribution is 2.15. The molecule has 6 heteroatoms. The quantitative estimate of drug-likeness (QED) is 0.856. The van der Waals surface area contributed by atoms with E-state index in [1.807, 2.05) is 45.4 Å². The van der Waals surface area contributed by atoms with Gasteiger partial charge in [-0.3, -0.25) is 14.9 Å². The molecule has 3 heterocycles. The zero-order chi connectivity index (χ0) is 18.8. The molecule has 3 rings (SSSR count). The smallest absolute Gasteiger partial charge is 0.137 e. The second-order valence-corrected chi connectivity index (χ2v) is 6.26. The van der Waals surface area contributed by atoms with E-state index < -0.39 is 0 Å². The molecule has 0 spiro atoms. The monoisotopic (exact) mass is 357 g/mol. The predicted octanol–water partition coefficient (Wildman–Crippen LogP) is 2.34. The number of nitrogens with zero attached hydrogens (tertiary/aromatic N) is 4. The van der Waals surface area contributed by atoms with Crippen LogP contribution in [-0.4, -0.2) is 60.2 Å². The molecule has 2 N–H and O–H groups in total. The highest BCUT2D eigenvalue weighted by atomic mass is 16.5. The van der Waals surface area contributed by atoms with E-state index in [9.17, 15) is 0 Å². The third kappa shape index (κ3) is 6.28. The van der Waals surface area contributed by atoms with E-state index in [4.69, 9.17) is 10.5 Å². The van der Waals surface area contributed by atoms with Gasteiger partial charge < -0.3 is 15.4 Å². The Bertz CT molecular complexity index is 629. The lowest BCUT2D eigenvalue weighted by Crippen LogP contribution is -2.51. The molecule has 0 radical (unpaired) electrons. The maximum atomic E-state index is 6.23. The molecule has 0 bridgehead atoms. The number of hydrogen-bond donors (Lipinski definition) is 1. The van der Waals surface area contributed by atoms with Crippen molar-refractivity contribution in [2.24, 2.45) is 5.73 Å². The Kier molecular flexibility index (Phi) is 8.31. The summed E-state index contributed by atoms with van der Waals surface area (Å²) in [6.45, 7) is 11.4. The van der Waals surface area contributed by atoms with Crippen molar-refractivity contribution in [2.75, 3.05) is 44.2 Å². The average Bonchev–Trinajstić information content (AvgIpc) is 2.69. The van der Waals surface area contributed by atoms with E-state index in [1.54, 1.807) is 6.20 Å². The first-order chi connectivity index (χ1) is 12.7. The van der Waals surface area contributed by atoms with Gasteiger partial charge in [0.2, 0.25) is 0 Å². The Morgan fingerprint density at radius 2 is 1.77 bits per heavy atom. The fourth-order valence-corrected chi connectivity index (χ4v) is 2.94. The minimum atomic E-state index is -0.00186. The summed E-state index contributed by atoms with van der Waals surface area (Å²) in [6, 6.07) is 6.10. The van der Waals surface area contributed by atoms with Gasteiger partial charge in [0.25, 0.3) is 0 Å². The van der Waals surface area contributed by atoms with Gasteiger partial charge >= 0.3 is 0 Å². The number of piperazine rings is 1. The van der Waals surface area contributed by atoms with Crippen LogP contribution in [0.4, 0.5) is 5.69 Å². The molecular weight excluding hydrogens is 326 g/mol. The van der Waals surface area contributed by atoms with E-state index in [2.05, 4.69) is 31.9 Å². The molecule has 1 saturated heterocycles. The molecule has 0 saturated carbocycles. The van der Waals surface area contributed by atoms with Gasteiger partial charge in [-0.2, -0.15) is 0 Å². The summed E-state index contributed by atoms with van der Waals surface area (Å²) >= 11 is 0. The van der Waals surface area contributed by atoms with Crippen LogP contribution >= 0.6 is 0 Å². The summed E-state index contributed by atoms with van der Waals surface area (Å²) in [5.41, 5.74) is 8.56. The lowest BCUT2D eigenvalue weighted by molar-refractivity contribution is 0.204. The number of nitrogens with two attached hydrogens (primary N) is 1. The molecule has 1 aliphatic rings. The van der Waals surface area contributed by atoms with Gasteiger partial charge in [0, 0.05) is 57.0 Å². The molecule has 0 aliphatic carbocycles. The predicted molar refractivity (Wildman–Crippen MR) is 107 cm³/mol. The zero-order valence-electron chi connectivity index (χ0n) is 16.1. The molecule has 1 fully saturated rings. The third-order valence-electron chi connectivity index (χ3n) is 4.21. The van der Waals surface area contributed by atoms with Crippen molar-refractivity contribution < 1.29 is 4.74 Å². The molecule has 1 atom stereocenters. The Morgan fingerprint density at radius 3 is 2.42 bits per heavy atom. The van der Waals surface area contributed by atoms with Crippen molar-refractivity contribution >= 4 is 5.69 Å². The van der Waals surface area contributed by atoms with Gasteiger partial charge in [0.1, 0.15) is 12.4 Å². The summed E-state index contributed by atoms with van der Waals surface area (Å²) in [5, 5.41) is 0. The number of pyridine rings is 2. The molecule has 0 amide bonds. The highest BCUT2D eigenvalue weighted by Gasteiger charge is 2.19. The normalized spacial score (nSPS) is 15.8. The second-order valence-electron chi connectivity index (χ2n) is 6.26. The van der Waals surface area contributed by atoms with E-state index in [-0.39, 0.29) is 6.04 Å². The van der Waals surface area contributed by atoms with Crippen molar-refractivity contribution in [1.82, 2.24) is 14.9 Å². The summed E-state index contributed by atoms with van der Waals surface area (Å²) in [4.78, 5) is 13.0. The number of hydrogen-bond acceptors (Lipinski definition) is 6. The van der Waals surface area contributed by atoms with Crippen LogP contribution in [0.1, 0.15) is 19.4 Å². The van der Waals surface area contributed by atoms with E-state index in [0.29, 0.717) is 6.61 Å². The molecule has 1 unspecified atom stereocenters. The molecule has 0 aromatic carbocycles. The maximum absolute atomic E-state index is 6.23. The van der Waals surface area contributed by atoms with E-state index >= 15 is 0 Å². The fraction of sp³-hybridized carbons (Fsp3) is 0.500. The van der Waals surface area contributed by atoms with Crippen molar-refractivity contribution in [2.45, 2.75) is 26.8 Å². The zero-order valence-corrected chi connectivity index (χ0v) is 16.1. The third-order valence-corrected chi connectivity index (χ3v) is 4.21. The van der Waals surface area contributed by atoms with E-state index in [0.717, 1.165) is 44.0 Å². The molecule has 2 aromatic heterocycles. The minimum absolute atomic E-state index is 0.00186. The van der Waals surface area contributed by atoms with Gasteiger partial charge in [-0.1, -0.05) is 13.8 Å². The number of rotatable bonds is 6. The number of ether oxygens (including phenoxy) is 1. The largest absolute Gasteiger partial charge is 0.490 e. The first kappa shape index (κ1) is 20.1. The fourth-order valence-electron chi connectivity index (χ4n) is 2.94. The van der Waals surface area contributed by atoms with E-state index in [1.165, 1.54) is 5.69 Å². The Morgan fingerprint density at radius 1 is 1.08 bits per heavy atom. The molecule has 1 aliphatic heterocycles. The lowest BCUT2D eigenvalue weighted by atomic mass is 10.2. The summed E-state index contributed by atoms with van der Waals surface area (Å²) < 4.78 is 5.75. The Hall–Kier alpha value is -2.18. The van der Waals surface area contributed by atoms with Crippen LogP contribution in [0.25, 0.3) is 0 Å². The average molecular weight is 358 g/mol. The molecular formula is C20H31N5O. The van der Waals surface area contributed by atoms with Gasteiger partial charge in [-0.15, -0.1) is 0 Å². The lowest BCUT2D eigenvalue weighted by Gasteiger charge is -2.37. The van der Waals surface area contributed by atoms with Crippen LogP contribution in [0, 0.1) is 6.92 Å². The molecule has 142 valence electrons. The molecule has 2 aromatic rings. The van der Waals surface area contributed by atoms with Crippen molar-refractivity contribution in [3.05, 3.63) is 48.5 Å². The number of aryl methyl sites for hydroxylation is 1. The SMILES string of the molecule is CC.Cc1cncc(OCC(N)CN2CCN(c3ccncc3)CC2)c1. The van der Waals surface area contributed by atoms with Crippen LogP contribution in [0.2, 0.25) is 0 Å². The van der Waals surface area contributed by atoms with Gasteiger partial charge in [0.15, 0.2) is 0 Å². The minimum Gasteiger partial charge on any atom is -0.490 e. The number of aromatic nitrogens is 2. The molecule has 6 nitrogen and oxygen atoms in total. The first-order valence-electron chi connectivity index (χ1n) is 9.38. The standard InChI is InChI=1S/C18H25N5O.C2H6/c1-15-10-18(12-21-11-15)24-14-16(19)13-22-6-8-23(9-7-22)17-2-4-20-5-3-17;1-2/h2-5,10-12,16H,6-9,13-14,19H2,1H3;1-2H3. The Labute approximate surface area is 157 Å². The summed E-state index contributed by atoms with van der Waals surface area (Å²) in [5.74, 6) is 0.785. The summed E-state index contributed by atoms with van der Waals surface area (Å²) in [6.07, 6.45) is 7.23. The topological polar surface area (TPSA) is 67.5 Å². The maximum Gasteiger partial charge on any atom is 0.137 e. The van der Waals surface area contributed by atoms with Crippen LogP contribution < -0.4 is 15.4 Å². The van der Waals surface area contributed by atoms with Gasteiger partial charge in [-0.05, 0) is 30.7 Å². The van der Waals surface area contributed by atoms with Crippen molar-refractivity contribution in [3.63, 3.8) is 0 Å². The number of anilines is 1. The summed E-state index contributed by atoms with van der Waals surface area (Å²) in [7, 11) is 0. The second kappa shape index (κ2) is 10.7.